The fourth-order valence-electron chi connectivity index (χ4n) is 3.99. The third-order valence-electron chi connectivity index (χ3n) is 5.98. The molecule has 1 aromatic carbocycles. The first-order chi connectivity index (χ1) is 14.5. The van der Waals surface area contributed by atoms with Crippen LogP contribution in [0.25, 0.3) is 0 Å². The number of imide groups is 1. The summed E-state index contributed by atoms with van der Waals surface area (Å²) < 4.78 is 5.05. The summed E-state index contributed by atoms with van der Waals surface area (Å²) in [7, 11) is 0. The molecule has 1 aromatic rings. The van der Waals surface area contributed by atoms with Gasteiger partial charge in [-0.1, -0.05) is 45.9 Å². The predicted octanol–water partition coefficient (Wildman–Crippen LogP) is 3.14. The van der Waals surface area contributed by atoms with E-state index < -0.39 is 42.5 Å². The van der Waals surface area contributed by atoms with Crippen molar-refractivity contribution < 1.29 is 23.9 Å². The standard InChI is InChI=1S/C23H31N3O5/c1-13(2)16-7-6-8-17(14(3)4)20(16)24-18(27)12-31-19(28)11-26-21(29)23(5,15-9-10-15)25-22(26)30/h6-8,13-15H,9-12H2,1-5H3,(H,24,27)(H,25,30)/t23-/m1/s1. The number of rotatable bonds is 8. The van der Waals surface area contributed by atoms with Gasteiger partial charge in [0.15, 0.2) is 6.61 Å². The lowest BCUT2D eigenvalue weighted by Crippen LogP contribution is -2.46. The Morgan fingerprint density at radius 3 is 2.26 bits per heavy atom. The minimum atomic E-state index is -0.956. The molecule has 0 unspecified atom stereocenters. The molecule has 4 amide bonds. The van der Waals surface area contributed by atoms with Crippen molar-refractivity contribution in [3.05, 3.63) is 29.3 Å². The van der Waals surface area contributed by atoms with Gasteiger partial charge < -0.3 is 15.4 Å². The molecule has 31 heavy (non-hydrogen) atoms. The number of esters is 1. The van der Waals surface area contributed by atoms with E-state index in [4.69, 9.17) is 4.74 Å². The Morgan fingerprint density at radius 2 is 1.74 bits per heavy atom. The van der Waals surface area contributed by atoms with Crippen LogP contribution in [0, 0.1) is 5.92 Å². The van der Waals surface area contributed by atoms with Crippen molar-refractivity contribution in [3.8, 4) is 0 Å². The topological polar surface area (TPSA) is 105 Å². The van der Waals surface area contributed by atoms with Crippen molar-refractivity contribution in [1.29, 1.82) is 0 Å². The molecule has 1 heterocycles. The quantitative estimate of drug-likeness (QED) is 0.488. The van der Waals surface area contributed by atoms with Crippen molar-refractivity contribution in [2.45, 2.75) is 64.8 Å². The first-order valence-electron chi connectivity index (χ1n) is 10.8. The van der Waals surface area contributed by atoms with Crippen LogP contribution in [0.1, 0.15) is 70.4 Å². The van der Waals surface area contributed by atoms with Crippen LogP contribution in [0.15, 0.2) is 18.2 Å². The van der Waals surface area contributed by atoms with Gasteiger partial charge in [-0.3, -0.25) is 19.3 Å². The number of benzene rings is 1. The van der Waals surface area contributed by atoms with Crippen LogP contribution in [-0.4, -0.2) is 47.4 Å². The molecule has 8 heteroatoms. The van der Waals surface area contributed by atoms with Crippen molar-refractivity contribution in [2.24, 2.45) is 5.92 Å². The third kappa shape index (κ3) is 4.73. The van der Waals surface area contributed by atoms with E-state index in [9.17, 15) is 19.2 Å². The van der Waals surface area contributed by atoms with E-state index in [2.05, 4.69) is 10.6 Å². The van der Waals surface area contributed by atoms with Gasteiger partial charge in [0.1, 0.15) is 12.1 Å². The van der Waals surface area contributed by atoms with E-state index in [0.29, 0.717) is 0 Å². The van der Waals surface area contributed by atoms with E-state index in [1.807, 2.05) is 45.9 Å². The maximum absolute atomic E-state index is 12.6. The molecule has 8 nitrogen and oxygen atoms in total. The molecule has 0 spiro atoms. The molecule has 1 saturated heterocycles. The summed E-state index contributed by atoms with van der Waals surface area (Å²) >= 11 is 0. The molecule has 2 N–H and O–H groups in total. The SMILES string of the molecule is CC(C)c1cccc(C(C)C)c1NC(=O)COC(=O)CN1C(=O)N[C@](C)(C2CC2)C1=O. The maximum atomic E-state index is 12.6. The zero-order chi connectivity index (χ0) is 22.9. The summed E-state index contributed by atoms with van der Waals surface area (Å²) in [5.41, 5.74) is 1.79. The minimum Gasteiger partial charge on any atom is -0.454 e. The average molecular weight is 430 g/mol. The number of carbonyl (C=O) groups is 4. The molecule has 0 radical (unpaired) electrons. The molecule has 0 bridgehead atoms. The largest absolute Gasteiger partial charge is 0.454 e. The highest BCUT2D eigenvalue weighted by molar-refractivity contribution is 6.09. The van der Waals surface area contributed by atoms with Gasteiger partial charge in [0, 0.05) is 5.69 Å². The Labute approximate surface area is 182 Å². The number of anilines is 1. The zero-order valence-electron chi connectivity index (χ0n) is 18.8. The highest BCUT2D eigenvalue weighted by Crippen LogP contribution is 2.42. The van der Waals surface area contributed by atoms with Crippen molar-refractivity contribution in [3.63, 3.8) is 0 Å². The number of para-hydroxylation sites is 1. The second-order valence-corrected chi connectivity index (χ2v) is 9.13. The number of nitrogens with zero attached hydrogens (tertiary/aromatic N) is 1. The Kier molecular flexibility index (Phi) is 6.38. The smallest absolute Gasteiger partial charge is 0.326 e. The van der Waals surface area contributed by atoms with E-state index in [1.165, 1.54) is 0 Å². The van der Waals surface area contributed by atoms with Crippen molar-refractivity contribution in [2.75, 3.05) is 18.5 Å². The Bertz CT molecular complexity index is 880. The van der Waals surface area contributed by atoms with Gasteiger partial charge in [-0.15, -0.1) is 0 Å². The Hall–Kier alpha value is -2.90. The summed E-state index contributed by atoms with van der Waals surface area (Å²) in [4.78, 5) is 50.3. The number of amides is 4. The van der Waals surface area contributed by atoms with Crippen LogP contribution in [0.3, 0.4) is 0 Å². The lowest BCUT2D eigenvalue weighted by Gasteiger charge is -2.21. The maximum Gasteiger partial charge on any atom is 0.326 e. The van der Waals surface area contributed by atoms with Gasteiger partial charge in [0.25, 0.3) is 11.8 Å². The zero-order valence-corrected chi connectivity index (χ0v) is 18.8. The Balaban J connectivity index is 1.59. The molecule has 2 fully saturated rings. The number of hydrogen-bond donors (Lipinski definition) is 2. The number of carbonyl (C=O) groups excluding carboxylic acids is 4. The monoisotopic (exact) mass is 429 g/mol. The normalized spacial score (nSPS) is 20.9. The second-order valence-electron chi connectivity index (χ2n) is 9.13. The van der Waals surface area contributed by atoms with Crippen molar-refractivity contribution in [1.82, 2.24) is 10.2 Å². The van der Waals surface area contributed by atoms with E-state index in [1.54, 1.807) is 6.92 Å². The molecule has 1 aliphatic heterocycles. The molecule has 0 aromatic heterocycles. The minimum absolute atomic E-state index is 0.104. The number of nitrogens with one attached hydrogen (secondary N) is 2. The molecule has 168 valence electrons. The van der Waals surface area contributed by atoms with Gasteiger partial charge >= 0.3 is 12.0 Å². The number of hydrogen-bond acceptors (Lipinski definition) is 5. The fourth-order valence-corrected chi connectivity index (χ4v) is 3.99. The van der Waals surface area contributed by atoms with Crippen LogP contribution < -0.4 is 10.6 Å². The van der Waals surface area contributed by atoms with Crippen LogP contribution in [0.2, 0.25) is 0 Å². The predicted molar refractivity (Wildman–Crippen MR) is 116 cm³/mol. The average Bonchev–Trinajstić information content (AvgIpc) is 3.52. The highest BCUT2D eigenvalue weighted by atomic mass is 16.5. The van der Waals surface area contributed by atoms with Gasteiger partial charge in [-0.25, -0.2) is 4.79 Å². The lowest BCUT2D eigenvalue weighted by atomic mass is 9.92. The molecule has 1 saturated carbocycles. The summed E-state index contributed by atoms with van der Waals surface area (Å²) in [6.07, 6.45) is 1.74. The molecular formula is C23H31N3O5. The molecule has 2 aliphatic rings. The van der Waals surface area contributed by atoms with E-state index in [-0.39, 0.29) is 17.8 Å². The number of ether oxygens (including phenoxy) is 1. The molecule has 1 aliphatic carbocycles. The third-order valence-corrected chi connectivity index (χ3v) is 5.98. The number of urea groups is 1. The van der Waals surface area contributed by atoms with Crippen LogP contribution >= 0.6 is 0 Å². The Morgan fingerprint density at radius 1 is 1.16 bits per heavy atom. The van der Waals surface area contributed by atoms with Gasteiger partial charge in [-0.2, -0.15) is 0 Å². The summed E-state index contributed by atoms with van der Waals surface area (Å²) in [6.45, 7) is 8.85. The van der Waals surface area contributed by atoms with Crippen LogP contribution in [0.4, 0.5) is 10.5 Å². The molecule has 3 rings (SSSR count). The van der Waals surface area contributed by atoms with E-state index >= 15 is 0 Å². The van der Waals surface area contributed by atoms with Gasteiger partial charge in [0.2, 0.25) is 0 Å². The van der Waals surface area contributed by atoms with Crippen molar-refractivity contribution >= 4 is 29.5 Å². The first kappa shape index (κ1) is 22.8. The van der Waals surface area contributed by atoms with Crippen LogP contribution in [0.5, 0.6) is 0 Å². The van der Waals surface area contributed by atoms with Gasteiger partial charge in [-0.05, 0) is 48.6 Å². The first-order valence-corrected chi connectivity index (χ1v) is 10.8. The summed E-state index contributed by atoms with van der Waals surface area (Å²) in [6, 6.07) is 5.29. The summed E-state index contributed by atoms with van der Waals surface area (Å²) in [5, 5.41) is 5.55. The second kappa shape index (κ2) is 8.69. The summed E-state index contributed by atoms with van der Waals surface area (Å²) in [5.74, 6) is -1.18. The molecule has 1 atom stereocenters. The lowest BCUT2D eigenvalue weighted by molar-refractivity contribution is -0.150. The van der Waals surface area contributed by atoms with Gasteiger partial charge in [0.05, 0.1) is 0 Å². The highest BCUT2D eigenvalue weighted by Gasteiger charge is 2.56. The van der Waals surface area contributed by atoms with E-state index in [0.717, 1.165) is 34.6 Å². The van der Waals surface area contributed by atoms with Crippen LogP contribution in [-0.2, 0) is 19.1 Å². The fraction of sp³-hybridized carbons (Fsp3) is 0.565. The molecular weight excluding hydrogens is 398 g/mol.